The Morgan fingerprint density at radius 2 is 1.43 bits per heavy atom. The SMILES string of the molecule is CC(C)(C)OC(=O)C1C[C@@]2(C)CC(C(O)C(C)(C)C)C[C@@]2(C)C1. The van der Waals surface area contributed by atoms with Crippen LogP contribution in [0.5, 0.6) is 0 Å². The summed E-state index contributed by atoms with van der Waals surface area (Å²) in [5, 5.41) is 10.7. The molecule has 5 atom stereocenters. The van der Waals surface area contributed by atoms with Gasteiger partial charge in [0.1, 0.15) is 5.60 Å². The predicted molar refractivity (Wildman–Crippen MR) is 93.0 cm³/mol. The molecule has 0 bridgehead atoms. The monoisotopic (exact) mass is 324 g/mol. The van der Waals surface area contributed by atoms with E-state index < -0.39 is 5.60 Å². The first-order valence-electron chi connectivity index (χ1n) is 9.08. The van der Waals surface area contributed by atoms with Crippen LogP contribution in [0.15, 0.2) is 0 Å². The molecule has 0 spiro atoms. The highest BCUT2D eigenvalue weighted by Gasteiger charge is 2.61. The van der Waals surface area contributed by atoms with Crippen LogP contribution >= 0.6 is 0 Å². The lowest BCUT2D eigenvalue weighted by Gasteiger charge is -2.33. The number of ether oxygens (including phenoxy) is 1. The summed E-state index contributed by atoms with van der Waals surface area (Å²) in [7, 11) is 0. The average Bonchev–Trinajstić information content (AvgIpc) is 2.70. The highest BCUT2D eigenvalue weighted by molar-refractivity contribution is 5.73. The van der Waals surface area contributed by atoms with Gasteiger partial charge in [0.25, 0.3) is 0 Å². The van der Waals surface area contributed by atoms with E-state index in [4.69, 9.17) is 4.74 Å². The smallest absolute Gasteiger partial charge is 0.309 e. The van der Waals surface area contributed by atoms with Gasteiger partial charge >= 0.3 is 5.97 Å². The molecular formula is C20H36O3. The number of carbonyl (C=O) groups is 1. The summed E-state index contributed by atoms with van der Waals surface area (Å²) < 4.78 is 5.62. The molecule has 3 heteroatoms. The van der Waals surface area contributed by atoms with Crippen LogP contribution < -0.4 is 0 Å². The van der Waals surface area contributed by atoms with Crippen molar-refractivity contribution in [1.29, 1.82) is 0 Å². The van der Waals surface area contributed by atoms with Crippen LogP contribution in [0.3, 0.4) is 0 Å². The van der Waals surface area contributed by atoms with Gasteiger partial charge in [0.05, 0.1) is 12.0 Å². The molecule has 3 unspecified atom stereocenters. The number of hydrogen-bond donors (Lipinski definition) is 1. The Morgan fingerprint density at radius 3 is 1.78 bits per heavy atom. The summed E-state index contributed by atoms with van der Waals surface area (Å²) in [5.74, 6) is 0.309. The zero-order chi connectivity index (χ0) is 17.8. The van der Waals surface area contributed by atoms with Crippen molar-refractivity contribution in [2.24, 2.45) is 28.1 Å². The van der Waals surface area contributed by atoms with Crippen LogP contribution in [0.25, 0.3) is 0 Å². The molecule has 0 saturated heterocycles. The van der Waals surface area contributed by atoms with Crippen LogP contribution in [0.4, 0.5) is 0 Å². The molecule has 2 aliphatic rings. The lowest BCUT2D eigenvalue weighted by atomic mass is 9.71. The van der Waals surface area contributed by atoms with Gasteiger partial charge in [0.2, 0.25) is 0 Å². The maximum absolute atomic E-state index is 12.5. The molecule has 134 valence electrons. The summed E-state index contributed by atoms with van der Waals surface area (Å²) in [6.45, 7) is 16.7. The molecule has 2 aliphatic carbocycles. The number of rotatable bonds is 2. The van der Waals surface area contributed by atoms with Gasteiger partial charge in [-0.1, -0.05) is 34.6 Å². The molecular weight excluding hydrogens is 288 g/mol. The van der Waals surface area contributed by atoms with Crippen molar-refractivity contribution < 1.29 is 14.6 Å². The fourth-order valence-corrected chi connectivity index (χ4v) is 5.02. The fourth-order valence-electron chi connectivity index (χ4n) is 5.02. The van der Waals surface area contributed by atoms with Crippen molar-refractivity contribution in [3.63, 3.8) is 0 Å². The second-order valence-corrected chi connectivity index (χ2v) is 10.7. The van der Waals surface area contributed by atoms with E-state index in [0.29, 0.717) is 5.92 Å². The second kappa shape index (κ2) is 5.47. The van der Waals surface area contributed by atoms with Gasteiger partial charge in [0.15, 0.2) is 0 Å². The fraction of sp³-hybridized carbons (Fsp3) is 0.950. The zero-order valence-electron chi connectivity index (χ0n) is 16.3. The van der Waals surface area contributed by atoms with E-state index >= 15 is 0 Å². The lowest BCUT2D eigenvalue weighted by Crippen LogP contribution is -2.34. The molecule has 0 aliphatic heterocycles. The van der Waals surface area contributed by atoms with E-state index in [9.17, 15) is 9.90 Å². The van der Waals surface area contributed by atoms with Gasteiger partial charge in [-0.15, -0.1) is 0 Å². The maximum atomic E-state index is 12.5. The normalized spacial score (nSPS) is 39.2. The van der Waals surface area contributed by atoms with Crippen LogP contribution in [0.1, 0.15) is 81.1 Å². The van der Waals surface area contributed by atoms with Crippen molar-refractivity contribution in [1.82, 2.24) is 0 Å². The first-order valence-corrected chi connectivity index (χ1v) is 9.08. The van der Waals surface area contributed by atoms with E-state index in [1.807, 2.05) is 20.8 Å². The third kappa shape index (κ3) is 3.60. The van der Waals surface area contributed by atoms with Crippen LogP contribution in [0, 0.1) is 28.1 Å². The Balaban J connectivity index is 2.10. The number of hydrogen-bond acceptors (Lipinski definition) is 3. The molecule has 1 N–H and O–H groups in total. The van der Waals surface area contributed by atoms with Crippen LogP contribution in [-0.2, 0) is 9.53 Å². The highest BCUT2D eigenvalue weighted by Crippen LogP contribution is 2.67. The molecule has 0 aromatic rings. The molecule has 0 aromatic carbocycles. The summed E-state index contributed by atoms with van der Waals surface area (Å²) >= 11 is 0. The largest absolute Gasteiger partial charge is 0.460 e. The van der Waals surface area contributed by atoms with E-state index in [1.54, 1.807) is 0 Å². The van der Waals surface area contributed by atoms with Crippen LogP contribution in [0.2, 0.25) is 0 Å². The van der Waals surface area contributed by atoms with Gasteiger partial charge in [-0.3, -0.25) is 4.79 Å². The zero-order valence-corrected chi connectivity index (χ0v) is 16.3. The Hall–Kier alpha value is -0.570. The highest BCUT2D eigenvalue weighted by atomic mass is 16.6. The van der Waals surface area contributed by atoms with Crippen LogP contribution in [-0.4, -0.2) is 22.8 Å². The molecule has 0 heterocycles. The third-order valence-corrected chi connectivity index (χ3v) is 6.35. The lowest BCUT2D eigenvalue weighted by molar-refractivity contribution is -0.160. The minimum atomic E-state index is -0.415. The topological polar surface area (TPSA) is 46.5 Å². The van der Waals surface area contributed by atoms with Gasteiger partial charge < -0.3 is 9.84 Å². The minimum Gasteiger partial charge on any atom is -0.460 e. The number of aliphatic hydroxyl groups is 1. The quantitative estimate of drug-likeness (QED) is 0.757. The van der Waals surface area contributed by atoms with E-state index in [0.717, 1.165) is 25.7 Å². The van der Waals surface area contributed by atoms with Crippen molar-refractivity contribution in [2.75, 3.05) is 0 Å². The Bertz CT molecular complexity index is 450. The molecule has 3 nitrogen and oxygen atoms in total. The van der Waals surface area contributed by atoms with E-state index in [-0.39, 0.29) is 34.2 Å². The molecule has 23 heavy (non-hydrogen) atoms. The number of fused-ring (bicyclic) bond motifs is 1. The number of aliphatic hydroxyl groups excluding tert-OH is 1. The molecule has 2 fully saturated rings. The maximum Gasteiger partial charge on any atom is 0.309 e. The summed E-state index contributed by atoms with van der Waals surface area (Å²) in [5.41, 5.74) is -0.237. The Kier molecular flexibility index (Phi) is 4.46. The summed E-state index contributed by atoms with van der Waals surface area (Å²) in [6, 6.07) is 0. The summed E-state index contributed by atoms with van der Waals surface area (Å²) in [6.07, 6.45) is 3.54. The second-order valence-electron chi connectivity index (χ2n) is 10.7. The first kappa shape index (κ1) is 18.8. The van der Waals surface area contributed by atoms with Gasteiger partial charge in [-0.05, 0) is 68.6 Å². The van der Waals surface area contributed by atoms with Crippen molar-refractivity contribution in [3.05, 3.63) is 0 Å². The molecule has 2 rings (SSSR count). The molecule has 0 radical (unpaired) electrons. The predicted octanol–water partition coefficient (Wildman–Crippen LogP) is 4.57. The Labute approximate surface area is 142 Å². The minimum absolute atomic E-state index is 0.0111. The van der Waals surface area contributed by atoms with Gasteiger partial charge in [0, 0.05) is 0 Å². The third-order valence-electron chi connectivity index (χ3n) is 6.35. The number of carbonyl (C=O) groups excluding carboxylic acids is 1. The number of esters is 1. The van der Waals surface area contributed by atoms with Gasteiger partial charge in [-0.2, -0.15) is 0 Å². The summed E-state index contributed by atoms with van der Waals surface area (Å²) in [4.78, 5) is 12.5. The Morgan fingerprint density at radius 1 is 1.00 bits per heavy atom. The van der Waals surface area contributed by atoms with E-state index in [2.05, 4.69) is 34.6 Å². The van der Waals surface area contributed by atoms with Crippen molar-refractivity contribution >= 4 is 5.97 Å². The van der Waals surface area contributed by atoms with Crippen molar-refractivity contribution in [3.8, 4) is 0 Å². The molecule has 2 saturated carbocycles. The van der Waals surface area contributed by atoms with Crippen molar-refractivity contribution in [2.45, 2.75) is 92.8 Å². The van der Waals surface area contributed by atoms with E-state index in [1.165, 1.54) is 0 Å². The molecule has 0 amide bonds. The molecule has 0 aromatic heterocycles. The first-order chi connectivity index (χ1) is 10.2. The average molecular weight is 325 g/mol. The standard InChI is InChI=1S/C20H36O3/c1-17(2,3)15(21)13-9-19(7)11-14(12-20(19,8)10-13)16(22)23-18(4,5)6/h13-15,21H,9-12H2,1-8H3/t13?,14?,15?,19-,20+. The van der Waals surface area contributed by atoms with Gasteiger partial charge in [-0.25, -0.2) is 0 Å².